The van der Waals surface area contributed by atoms with Gasteiger partial charge in [0, 0.05) is 5.69 Å². The number of nitrogens with one attached hydrogen (secondary N) is 1. The number of hydrogen-bond acceptors (Lipinski definition) is 4. The van der Waals surface area contributed by atoms with Gasteiger partial charge < -0.3 is 10.4 Å². The number of aromatic carboxylic acids is 1. The van der Waals surface area contributed by atoms with E-state index in [1.54, 1.807) is 6.07 Å². The summed E-state index contributed by atoms with van der Waals surface area (Å²) in [6.45, 7) is 4.22. The molecule has 5 nitrogen and oxygen atoms in total. The number of carboxylic acids is 1. The van der Waals surface area contributed by atoms with Gasteiger partial charge in [0.2, 0.25) is 0 Å². The molecule has 0 bridgehead atoms. The first-order chi connectivity index (χ1) is 9.08. The van der Waals surface area contributed by atoms with Crippen molar-refractivity contribution in [2.45, 2.75) is 19.8 Å². The van der Waals surface area contributed by atoms with E-state index in [0.29, 0.717) is 11.7 Å². The molecule has 19 heavy (non-hydrogen) atoms. The van der Waals surface area contributed by atoms with Crippen LogP contribution in [0.4, 0.5) is 11.5 Å². The van der Waals surface area contributed by atoms with E-state index in [1.807, 2.05) is 24.3 Å². The molecule has 0 saturated carbocycles. The number of benzene rings is 1. The third-order valence-corrected chi connectivity index (χ3v) is 2.73. The summed E-state index contributed by atoms with van der Waals surface area (Å²) in [5, 5.41) is 19.4. The van der Waals surface area contributed by atoms with Gasteiger partial charge in [-0.05, 0) is 29.7 Å². The summed E-state index contributed by atoms with van der Waals surface area (Å²) >= 11 is 0. The van der Waals surface area contributed by atoms with Crippen LogP contribution in [0.5, 0.6) is 0 Å². The van der Waals surface area contributed by atoms with E-state index < -0.39 is 5.97 Å². The molecule has 0 aliphatic carbocycles. The summed E-state index contributed by atoms with van der Waals surface area (Å²) in [4.78, 5) is 10.7. The summed E-state index contributed by atoms with van der Waals surface area (Å²) in [6, 6.07) is 11.0. The maximum absolute atomic E-state index is 10.7. The standard InChI is InChI=1S/C14H15N3O2/c1-9(2)10-5-3-4-6-11(10)15-13-8-7-12(14(18)19)16-17-13/h3-9H,1-2H3,(H,15,17)(H,18,19). The molecule has 0 saturated heterocycles. The van der Waals surface area contributed by atoms with Crippen LogP contribution in [0, 0.1) is 0 Å². The maximum atomic E-state index is 10.7. The van der Waals surface area contributed by atoms with Crippen LogP contribution in [-0.2, 0) is 0 Å². The van der Waals surface area contributed by atoms with E-state index in [0.717, 1.165) is 5.69 Å². The van der Waals surface area contributed by atoms with Crippen LogP contribution in [0.15, 0.2) is 36.4 Å². The van der Waals surface area contributed by atoms with Gasteiger partial charge in [0.05, 0.1) is 0 Å². The molecule has 98 valence electrons. The minimum Gasteiger partial charge on any atom is -0.476 e. The predicted octanol–water partition coefficient (Wildman–Crippen LogP) is 3.04. The highest BCUT2D eigenvalue weighted by atomic mass is 16.4. The van der Waals surface area contributed by atoms with Gasteiger partial charge in [-0.15, -0.1) is 10.2 Å². The molecule has 0 fully saturated rings. The predicted molar refractivity (Wildman–Crippen MR) is 72.8 cm³/mol. The Balaban J connectivity index is 2.24. The second-order valence-electron chi connectivity index (χ2n) is 4.48. The van der Waals surface area contributed by atoms with Crippen LogP contribution >= 0.6 is 0 Å². The number of rotatable bonds is 4. The SMILES string of the molecule is CC(C)c1ccccc1Nc1ccc(C(=O)O)nn1. The molecule has 1 aromatic carbocycles. The van der Waals surface area contributed by atoms with E-state index in [4.69, 9.17) is 5.11 Å². The molecular formula is C14H15N3O2. The molecule has 0 spiro atoms. The first-order valence-electron chi connectivity index (χ1n) is 6.01. The minimum atomic E-state index is -1.08. The van der Waals surface area contributed by atoms with Crippen LogP contribution in [0.3, 0.4) is 0 Å². The fourth-order valence-electron chi connectivity index (χ4n) is 1.77. The Bertz CT molecular complexity index is 579. The number of anilines is 2. The van der Waals surface area contributed by atoms with Crippen molar-refractivity contribution in [2.24, 2.45) is 0 Å². The molecule has 0 aliphatic rings. The molecule has 1 heterocycles. The van der Waals surface area contributed by atoms with E-state index in [2.05, 4.69) is 29.4 Å². The van der Waals surface area contributed by atoms with Crippen LogP contribution < -0.4 is 5.32 Å². The Morgan fingerprint density at radius 3 is 2.47 bits per heavy atom. The van der Waals surface area contributed by atoms with Crippen molar-refractivity contribution >= 4 is 17.5 Å². The zero-order valence-corrected chi connectivity index (χ0v) is 10.8. The lowest BCUT2D eigenvalue weighted by Crippen LogP contribution is -2.04. The van der Waals surface area contributed by atoms with Crippen molar-refractivity contribution in [3.05, 3.63) is 47.7 Å². The van der Waals surface area contributed by atoms with Gasteiger partial charge in [-0.2, -0.15) is 0 Å². The monoisotopic (exact) mass is 257 g/mol. The second kappa shape index (κ2) is 5.48. The largest absolute Gasteiger partial charge is 0.476 e. The van der Waals surface area contributed by atoms with Crippen LogP contribution in [-0.4, -0.2) is 21.3 Å². The van der Waals surface area contributed by atoms with Crippen molar-refractivity contribution in [3.63, 3.8) is 0 Å². The average Bonchev–Trinajstić information content (AvgIpc) is 2.39. The molecule has 0 unspecified atom stereocenters. The molecule has 0 amide bonds. The quantitative estimate of drug-likeness (QED) is 0.880. The summed E-state index contributed by atoms with van der Waals surface area (Å²) in [6.07, 6.45) is 0. The molecule has 2 aromatic rings. The molecule has 0 radical (unpaired) electrons. The highest BCUT2D eigenvalue weighted by Gasteiger charge is 2.08. The van der Waals surface area contributed by atoms with Gasteiger partial charge in [-0.3, -0.25) is 0 Å². The van der Waals surface area contributed by atoms with E-state index >= 15 is 0 Å². The Kier molecular flexibility index (Phi) is 3.75. The number of nitrogens with zero attached hydrogens (tertiary/aromatic N) is 2. The van der Waals surface area contributed by atoms with Gasteiger partial charge in [-0.1, -0.05) is 32.0 Å². The fourth-order valence-corrected chi connectivity index (χ4v) is 1.77. The topological polar surface area (TPSA) is 75.1 Å². The number of carboxylic acid groups (broad SMARTS) is 1. The first kappa shape index (κ1) is 13.0. The maximum Gasteiger partial charge on any atom is 0.356 e. The highest BCUT2D eigenvalue weighted by Crippen LogP contribution is 2.25. The number of aromatic nitrogens is 2. The van der Waals surface area contributed by atoms with Crippen molar-refractivity contribution in [2.75, 3.05) is 5.32 Å². The molecule has 2 rings (SSSR count). The Morgan fingerprint density at radius 1 is 1.16 bits per heavy atom. The van der Waals surface area contributed by atoms with Crippen LogP contribution in [0.1, 0.15) is 35.8 Å². The summed E-state index contributed by atoms with van der Waals surface area (Å²) in [5.41, 5.74) is 2.06. The van der Waals surface area contributed by atoms with Crippen molar-refractivity contribution in [1.29, 1.82) is 0 Å². The van der Waals surface area contributed by atoms with E-state index in [-0.39, 0.29) is 5.69 Å². The second-order valence-corrected chi connectivity index (χ2v) is 4.48. The van der Waals surface area contributed by atoms with Crippen molar-refractivity contribution in [3.8, 4) is 0 Å². The lowest BCUT2D eigenvalue weighted by Gasteiger charge is -2.13. The normalized spacial score (nSPS) is 10.5. The molecule has 1 aromatic heterocycles. The zero-order chi connectivity index (χ0) is 13.8. The molecular weight excluding hydrogens is 242 g/mol. The van der Waals surface area contributed by atoms with Gasteiger partial charge in [0.1, 0.15) is 0 Å². The van der Waals surface area contributed by atoms with Gasteiger partial charge in [-0.25, -0.2) is 4.79 Å². The summed E-state index contributed by atoms with van der Waals surface area (Å²) in [7, 11) is 0. The van der Waals surface area contributed by atoms with E-state index in [1.165, 1.54) is 11.6 Å². The zero-order valence-electron chi connectivity index (χ0n) is 10.8. The van der Waals surface area contributed by atoms with Crippen LogP contribution in [0.25, 0.3) is 0 Å². The Labute approximate surface area is 111 Å². The Hall–Kier alpha value is -2.43. The molecule has 0 aliphatic heterocycles. The summed E-state index contributed by atoms with van der Waals surface area (Å²) < 4.78 is 0. The summed E-state index contributed by atoms with van der Waals surface area (Å²) in [5.74, 6) is -0.172. The van der Waals surface area contributed by atoms with Gasteiger partial charge in [0.25, 0.3) is 0 Å². The number of para-hydroxylation sites is 1. The molecule has 0 atom stereocenters. The lowest BCUT2D eigenvalue weighted by molar-refractivity contribution is 0.0689. The molecule has 2 N–H and O–H groups in total. The molecule has 5 heteroatoms. The number of carbonyl (C=O) groups is 1. The van der Waals surface area contributed by atoms with Gasteiger partial charge in [0.15, 0.2) is 11.5 Å². The minimum absolute atomic E-state index is 0.0669. The average molecular weight is 257 g/mol. The third kappa shape index (κ3) is 3.07. The van der Waals surface area contributed by atoms with Crippen molar-refractivity contribution in [1.82, 2.24) is 10.2 Å². The fraction of sp³-hybridized carbons (Fsp3) is 0.214. The Morgan fingerprint density at radius 2 is 1.89 bits per heavy atom. The highest BCUT2D eigenvalue weighted by molar-refractivity contribution is 5.85. The van der Waals surface area contributed by atoms with Crippen molar-refractivity contribution < 1.29 is 9.90 Å². The van der Waals surface area contributed by atoms with Crippen LogP contribution in [0.2, 0.25) is 0 Å². The number of hydrogen-bond donors (Lipinski definition) is 2. The van der Waals surface area contributed by atoms with Gasteiger partial charge >= 0.3 is 5.97 Å². The smallest absolute Gasteiger partial charge is 0.356 e. The first-order valence-corrected chi connectivity index (χ1v) is 6.01. The third-order valence-electron chi connectivity index (χ3n) is 2.73. The van der Waals surface area contributed by atoms with E-state index in [9.17, 15) is 4.79 Å². The lowest BCUT2D eigenvalue weighted by atomic mass is 10.0.